The van der Waals surface area contributed by atoms with E-state index in [0.717, 1.165) is 0 Å². The molecule has 0 saturated carbocycles. The molecule has 2 heterocycles. The van der Waals surface area contributed by atoms with Crippen LogP contribution in [0.25, 0.3) is 0 Å². The van der Waals surface area contributed by atoms with Crippen molar-refractivity contribution >= 4 is 6.09 Å². The Bertz CT molecular complexity index is 313. The van der Waals surface area contributed by atoms with E-state index in [4.69, 9.17) is 14.6 Å². The van der Waals surface area contributed by atoms with Gasteiger partial charge in [-0.15, -0.1) is 0 Å². The summed E-state index contributed by atoms with van der Waals surface area (Å²) in [5, 5.41) is 18.8. The molecule has 17 heavy (non-hydrogen) atoms. The largest absolute Gasteiger partial charge is 0.465 e. The number of hydrogen-bond acceptors (Lipinski definition) is 4. The summed E-state index contributed by atoms with van der Waals surface area (Å²) in [6, 6.07) is -0.500. The maximum atomic E-state index is 11.1. The summed E-state index contributed by atoms with van der Waals surface area (Å²) in [4.78, 5) is 12.3. The topological polar surface area (TPSA) is 79.2 Å². The van der Waals surface area contributed by atoms with Crippen LogP contribution in [0.2, 0.25) is 0 Å². The van der Waals surface area contributed by atoms with Crippen molar-refractivity contribution < 1.29 is 24.5 Å². The number of likely N-dealkylation sites (tertiary alicyclic amines) is 1. The minimum absolute atomic E-state index is 0.170. The van der Waals surface area contributed by atoms with E-state index >= 15 is 0 Å². The maximum absolute atomic E-state index is 11.1. The van der Waals surface area contributed by atoms with Gasteiger partial charge in [0.2, 0.25) is 0 Å². The summed E-state index contributed by atoms with van der Waals surface area (Å²) >= 11 is 0. The highest BCUT2D eigenvalue weighted by Crippen LogP contribution is 2.33. The molecule has 2 aliphatic heterocycles. The van der Waals surface area contributed by atoms with Gasteiger partial charge in [0.05, 0.1) is 24.8 Å². The van der Waals surface area contributed by atoms with Gasteiger partial charge in [-0.05, 0) is 20.8 Å². The fraction of sp³-hybridized carbons (Fsp3) is 0.909. The zero-order valence-electron chi connectivity index (χ0n) is 10.3. The number of amides is 1. The normalized spacial score (nSPS) is 37.3. The molecule has 4 atom stereocenters. The Balaban J connectivity index is 2.14. The third kappa shape index (κ3) is 2.38. The number of ether oxygens (including phenoxy) is 2. The van der Waals surface area contributed by atoms with E-state index < -0.39 is 18.2 Å². The van der Waals surface area contributed by atoms with E-state index in [1.807, 2.05) is 20.8 Å². The zero-order valence-corrected chi connectivity index (χ0v) is 10.3. The molecule has 2 fully saturated rings. The number of carbonyl (C=O) groups is 1. The third-order valence-electron chi connectivity index (χ3n) is 3.04. The van der Waals surface area contributed by atoms with Gasteiger partial charge in [0.1, 0.15) is 18.3 Å². The van der Waals surface area contributed by atoms with E-state index in [1.54, 1.807) is 0 Å². The van der Waals surface area contributed by atoms with Gasteiger partial charge < -0.3 is 19.7 Å². The van der Waals surface area contributed by atoms with Crippen molar-refractivity contribution in [3.05, 3.63) is 0 Å². The van der Waals surface area contributed by atoms with Gasteiger partial charge in [-0.3, -0.25) is 4.90 Å². The van der Waals surface area contributed by atoms with Gasteiger partial charge >= 0.3 is 6.09 Å². The van der Waals surface area contributed by atoms with Gasteiger partial charge in [0.25, 0.3) is 0 Å². The number of aliphatic hydroxyl groups excluding tert-OH is 1. The Morgan fingerprint density at radius 3 is 2.65 bits per heavy atom. The molecule has 2 rings (SSSR count). The molecule has 0 aromatic heterocycles. The van der Waals surface area contributed by atoms with Crippen molar-refractivity contribution in [2.45, 2.75) is 50.7 Å². The van der Waals surface area contributed by atoms with Crippen LogP contribution in [0.4, 0.5) is 4.79 Å². The Hall–Kier alpha value is -0.850. The van der Waals surface area contributed by atoms with Crippen LogP contribution in [0.15, 0.2) is 0 Å². The highest BCUT2D eigenvalue weighted by atomic mass is 16.6. The molecule has 2 saturated heterocycles. The summed E-state index contributed by atoms with van der Waals surface area (Å²) in [7, 11) is 0. The maximum Gasteiger partial charge on any atom is 0.407 e. The lowest BCUT2D eigenvalue weighted by Crippen LogP contribution is -2.43. The Morgan fingerprint density at radius 1 is 1.47 bits per heavy atom. The third-order valence-corrected chi connectivity index (χ3v) is 3.04. The SMILES string of the molecule is CC(C)(C)OC1CN(C(=O)O)C2C(O)COC12. The number of hydrogen-bond donors (Lipinski definition) is 2. The molecule has 6 heteroatoms. The second-order valence-corrected chi connectivity index (χ2v) is 5.56. The summed E-state index contributed by atoms with van der Waals surface area (Å²) < 4.78 is 11.2. The van der Waals surface area contributed by atoms with E-state index in [-0.39, 0.29) is 31.0 Å². The lowest BCUT2D eigenvalue weighted by molar-refractivity contribution is -0.101. The average molecular weight is 245 g/mol. The molecule has 98 valence electrons. The van der Waals surface area contributed by atoms with Crippen LogP contribution >= 0.6 is 0 Å². The van der Waals surface area contributed by atoms with Crippen LogP contribution in [-0.4, -0.2) is 64.3 Å². The molecule has 2 aliphatic rings. The van der Waals surface area contributed by atoms with Gasteiger partial charge in [0.15, 0.2) is 0 Å². The summed E-state index contributed by atoms with van der Waals surface area (Å²) in [5.74, 6) is 0. The smallest absolute Gasteiger partial charge is 0.407 e. The summed E-state index contributed by atoms with van der Waals surface area (Å²) in [6.45, 7) is 6.16. The monoisotopic (exact) mass is 245 g/mol. The van der Waals surface area contributed by atoms with Crippen LogP contribution in [0.5, 0.6) is 0 Å². The Labute approximate surface area is 100 Å². The Kier molecular flexibility index (Phi) is 3.05. The molecule has 4 unspecified atom stereocenters. The van der Waals surface area contributed by atoms with Crippen LogP contribution in [0, 0.1) is 0 Å². The second kappa shape index (κ2) is 4.12. The number of rotatable bonds is 1. The highest BCUT2D eigenvalue weighted by molar-refractivity contribution is 5.66. The van der Waals surface area contributed by atoms with Crippen LogP contribution in [-0.2, 0) is 9.47 Å². The molecule has 0 radical (unpaired) electrons. The molecule has 2 N–H and O–H groups in total. The van der Waals surface area contributed by atoms with E-state index in [0.29, 0.717) is 0 Å². The highest BCUT2D eigenvalue weighted by Gasteiger charge is 2.53. The molecule has 0 spiro atoms. The van der Waals surface area contributed by atoms with Crippen molar-refractivity contribution in [1.82, 2.24) is 4.90 Å². The minimum Gasteiger partial charge on any atom is -0.465 e. The van der Waals surface area contributed by atoms with Gasteiger partial charge in [-0.2, -0.15) is 0 Å². The van der Waals surface area contributed by atoms with Crippen molar-refractivity contribution in [2.75, 3.05) is 13.2 Å². The summed E-state index contributed by atoms with van der Waals surface area (Å²) in [6.07, 6.45) is -2.47. The first-order valence-corrected chi connectivity index (χ1v) is 5.76. The standard InChI is InChI=1S/C11H19NO5/c1-11(2,3)17-7-4-12(10(14)15)8-6(13)5-16-9(7)8/h6-9,13H,4-5H2,1-3H3,(H,14,15). The molecule has 0 bridgehead atoms. The lowest BCUT2D eigenvalue weighted by atomic mass is 10.1. The van der Waals surface area contributed by atoms with Gasteiger partial charge in [-0.1, -0.05) is 0 Å². The second-order valence-electron chi connectivity index (χ2n) is 5.56. The molecule has 6 nitrogen and oxygen atoms in total. The first-order chi connectivity index (χ1) is 7.79. The predicted molar refractivity (Wildman–Crippen MR) is 58.9 cm³/mol. The lowest BCUT2D eigenvalue weighted by Gasteiger charge is -2.27. The first-order valence-electron chi connectivity index (χ1n) is 5.76. The molecule has 0 aromatic rings. The molecule has 0 aliphatic carbocycles. The number of nitrogens with zero attached hydrogens (tertiary/aromatic N) is 1. The van der Waals surface area contributed by atoms with Crippen molar-refractivity contribution in [3.8, 4) is 0 Å². The number of fused-ring (bicyclic) bond motifs is 1. The van der Waals surface area contributed by atoms with Crippen molar-refractivity contribution in [2.24, 2.45) is 0 Å². The zero-order chi connectivity index (χ0) is 12.8. The molecule has 1 amide bonds. The van der Waals surface area contributed by atoms with Crippen LogP contribution in [0.1, 0.15) is 20.8 Å². The number of aliphatic hydroxyl groups is 1. The van der Waals surface area contributed by atoms with E-state index in [1.165, 1.54) is 4.90 Å². The fourth-order valence-electron chi connectivity index (χ4n) is 2.52. The fourth-order valence-corrected chi connectivity index (χ4v) is 2.52. The predicted octanol–water partition coefficient (Wildman–Crippen LogP) is 0.292. The summed E-state index contributed by atoms with van der Waals surface area (Å²) in [5.41, 5.74) is -0.360. The van der Waals surface area contributed by atoms with Crippen LogP contribution in [0.3, 0.4) is 0 Å². The number of carboxylic acid groups (broad SMARTS) is 1. The van der Waals surface area contributed by atoms with E-state index in [2.05, 4.69) is 0 Å². The van der Waals surface area contributed by atoms with Gasteiger partial charge in [0, 0.05) is 0 Å². The quantitative estimate of drug-likeness (QED) is 0.694. The molecular weight excluding hydrogens is 226 g/mol. The first kappa shape index (κ1) is 12.6. The van der Waals surface area contributed by atoms with Gasteiger partial charge in [-0.25, -0.2) is 4.79 Å². The van der Waals surface area contributed by atoms with Crippen molar-refractivity contribution in [1.29, 1.82) is 0 Å². The Morgan fingerprint density at radius 2 is 2.12 bits per heavy atom. The van der Waals surface area contributed by atoms with Crippen LogP contribution < -0.4 is 0 Å². The minimum atomic E-state index is -1.04. The average Bonchev–Trinajstić information content (AvgIpc) is 2.67. The molecule has 0 aromatic carbocycles. The molecular formula is C11H19NO5. The van der Waals surface area contributed by atoms with E-state index in [9.17, 15) is 9.90 Å². The van der Waals surface area contributed by atoms with Crippen molar-refractivity contribution in [3.63, 3.8) is 0 Å².